The van der Waals surface area contributed by atoms with Gasteiger partial charge in [-0.3, -0.25) is 5.32 Å². The van der Waals surface area contributed by atoms with Crippen LogP contribution in [0.3, 0.4) is 0 Å². The molecule has 0 aliphatic carbocycles. The fourth-order valence-electron chi connectivity index (χ4n) is 3.66. The lowest BCUT2D eigenvalue weighted by Crippen LogP contribution is -2.50. The first-order valence-corrected chi connectivity index (χ1v) is 9.48. The number of rotatable bonds is 4. The molecule has 1 aromatic carbocycles. The van der Waals surface area contributed by atoms with Crippen molar-refractivity contribution in [1.29, 1.82) is 0 Å². The van der Waals surface area contributed by atoms with Crippen molar-refractivity contribution in [1.82, 2.24) is 9.88 Å². The lowest BCUT2D eigenvalue weighted by Gasteiger charge is -2.47. The van der Waals surface area contributed by atoms with Crippen LogP contribution in [0.15, 0.2) is 23.7 Å². The Morgan fingerprint density at radius 3 is 2.63 bits per heavy atom. The van der Waals surface area contributed by atoms with E-state index in [1.165, 1.54) is 29.0 Å². The number of fused-ring (bicyclic) bond motifs is 3. The number of carbonyl (C=O) groups excluding carboxylic acids is 1. The average molecular weight is 416 g/mol. The van der Waals surface area contributed by atoms with Gasteiger partial charge in [-0.05, 0) is 51.0 Å². The van der Waals surface area contributed by atoms with Gasteiger partial charge in [-0.2, -0.15) is 0 Å². The second-order valence-electron chi connectivity index (χ2n) is 6.95. The van der Waals surface area contributed by atoms with Gasteiger partial charge in [0.05, 0.1) is 17.0 Å². The Morgan fingerprint density at radius 2 is 1.96 bits per heavy atom. The van der Waals surface area contributed by atoms with Crippen molar-refractivity contribution in [2.24, 2.45) is 5.41 Å². The van der Waals surface area contributed by atoms with Gasteiger partial charge in [0.2, 0.25) is 0 Å². The molecule has 1 N–H and O–H groups in total. The molecule has 5 nitrogen and oxygen atoms in total. The SMILES string of the molecule is Cl.O=C(Nc1ncsc1-c1ccc(F)cc1F)OCC12CCN(CC1)CC2. The molecule has 0 unspecified atom stereocenters. The minimum Gasteiger partial charge on any atom is -0.449 e. The summed E-state index contributed by atoms with van der Waals surface area (Å²) in [6.07, 6.45) is 2.54. The first-order valence-electron chi connectivity index (χ1n) is 8.60. The maximum absolute atomic E-state index is 14.0. The number of hydrogen-bond acceptors (Lipinski definition) is 5. The Bertz CT molecular complexity index is 811. The number of aromatic nitrogens is 1. The summed E-state index contributed by atoms with van der Waals surface area (Å²) < 4.78 is 32.6. The summed E-state index contributed by atoms with van der Waals surface area (Å²) in [5.74, 6) is -1.12. The van der Waals surface area contributed by atoms with Crippen molar-refractivity contribution in [2.45, 2.75) is 19.3 Å². The molecule has 4 heterocycles. The molecule has 2 aromatic rings. The second kappa shape index (κ2) is 8.08. The Hall–Kier alpha value is -1.77. The van der Waals surface area contributed by atoms with Gasteiger partial charge in [-0.1, -0.05) is 0 Å². The van der Waals surface area contributed by atoms with Crippen LogP contribution >= 0.6 is 23.7 Å². The molecule has 3 aliphatic heterocycles. The smallest absolute Gasteiger partial charge is 0.412 e. The van der Waals surface area contributed by atoms with Crippen molar-refractivity contribution in [2.75, 3.05) is 31.6 Å². The van der Waals surface area contributed by atoms with Gasteiger partial charge in [0, 0.05) is 17.0 Å². The predicted molar refractivity (Wildman–Crippen MR) is 102 cm³/mol. The highest BCUT2D eigenvalue weighted by atomic mass is 35.5. The Balaban J connectivity index is 0.00000210. The van der Waals surface area contributed by atoms with Gasteiger partial charge in [-0.25, -0.2) is 18.6 Å². The summed E-state index contributed by atoms with van der Waals surface area (Å²) in [6.45, 7) is 3.57. The van der Waals surface area contributed by atoms with Crippen LogP contribution in [0.2, 0.25) is 0 Å². The van der Waals surface area contributed by atoms with Crippen LogP contribution in [0.4, 0.5) is 19.4 Å². The van der Waals surface area contributed by atoms with Gasteiger partial charge in [0.25, 0.3) is 0 Å². The Morgan fingerprint density at radius 1 is 1.26 bits per heavy atom. The molecule has 27 heavy (non-hydrogen) atoms. The van der Waals surface area contributed by atoms with Crippen molar-refractivity contribution in [3.05, 3.63) is 35.3 Å². The number of thiazole rings is 1. The van der Waals surface area contributed by atoms with Crippen LogP contribution in [0.1, 0.15) is 19.3 Å². The molecule has 3 fully saturated rings. The van der Waals surface area contributed by atoms with Crippen LogP contribution in [-0.2, 0) is 4.74 Å². The zero-order chi connectivity index (χ0) is 18.1. The number of anilines is 1. The summed E-state index contributed by atoms with van der Waals surface area (Å²) in [7, 11) is 0. The highest BCUT2D eigenvalue weighted by Crippen LogP contribution is 2.40. The molecular weight excluding hydrogens is 396 g/mol. The number of amides is 1. The number of hydrogen-bond donors (Lipinski definition) is 1. The predicted octanol–water partition coefficient (Wildman–Crippen LogP) is 4.54. The summed E-state index contributed by atoms with van der Waals surface area (Å²) in [6, 6.07) is 3.32. The Labute approximate surface area is 166 Å². The molecule has 2 bridgehead atoms. The summed E-state index contributed by atoms with van der Waals surface area (Å²) >= 11 is 1.17. The average Bonchev–Trinajstić information content (AvgIpc) is 3.09. The second-order valence-corrected chi connectivity index (χ2v) is 7.80. The van der Waals surface area contributed by atoms with E-state index >= 15 is 0 Å². The van der Waals surface area contributed by atoms with E-state index in [4.69, 9.17) is 4.74 Å². The molecule has 0 radical (unpaired) electrons. The number of benzene rings is 1. The van der Waals surface area contributed by atoms with E-state index in [1.54, 1.807) is 0 Å². The fourth-order valence-corrected chi connectivity index (χ4v) is 4.44. The highest BCUT2D eigenvalue weighted by Gasteiger charge is 2.40. The van der Waals surface area contributed by atoms with Gasteiger partial charge in [0.15, 0.2) is 5.82 Å². The lowest BCUT2D eigenvalue weighted by molar-refractivity contribution is -0.0190. The van der Waals surface area contributed by atoms with Crippen molar-refractivity contribution >= 4 is 35.7 Å². The maximum atomic E-state index is 14.0. The molecule has 0 saturated carbocycles. The van der Waals surface area contributed by atoms with Crippen LogP contribution in [0.5, 0.6) is 0 Å². The molecule has 0 atom stereocenters. The van der Waals surface area contributed by atoms with E-state index in [0.29, 0.717) is 11.5 Å². The van der Waals surface area contributed by atoms with Crippen molar-refractivity contribution in [3.63, 3.8) is 0 Å². The molecule has 3 aliphatic rings. The van der Waals surface area contributed by atoms with E-state index < -0.39 is 17.7 Å². The molecule has 5 rings (SSSR count). The third-order valence-electron chi connectivity index (χ3n) is 5.35. The molecule has 1 aromatic heterocycles. The normalized spacial score (nSPS) is 23.6. The van der Waals surface area contributed by atoms with Crippen molar-refractivity contribution in [3.8, 4) is 10.4 Å². The van der Waals surface area contributed by atoms with Crippen LogP contribution in [-0.4, -0.2) is 42.2 Å². The molecule has 9 heteroatoms. The number of halogens is 3. The summed E-state index contributed by atoms with van der Waals surface area (Å²) in [4.78, 5) is 19.2. The van der Waals surface area contributed by atoms with E-state index in [2.05, 4.69) is 15.2 Å². The Kier molecular flexibility index (Phi) is 5.98. The number of carbonyl (C=O) groups is 1. The molecular formula is C18H20ClF2N3O2S. The van der Waals surface area contributed by atoms with Crippen LogP contribution in [0.25, 0.3) is 10.4 Å². The van der Waals surface area contributed by atoms with E-state index in [-0.39, 0.29) is 29.2 Å². The van der Waals surface area contributed by atoms with Gasteiger partial charge < -0.3 is 9.64 Å². The fraction of sp³-hybridized carbons (Fsp3) is 0.444. The molecule has 3 saturated heterocycles. The first-order chi connectivity index (χ1) is 12.5. The van der Waals surface area contributed by atoms with E-state index in [0.717, 1.165) is 45.0 Å². The molecule has 1 amide bonds. The minimum absolute atomic E-state index is 0. The third kappa shape index (κ3) is 4.23. The van der Waals surface area contributed by atoms with Gasteiger partial charge in [-0.15, -0.1) is 23.7 Å². The number of nitrogens with zero attached hydrogens (tertiary/aromatic N) is 2. The lowest BCUT2D eigenvalue weighted by atomic mass is 9.73. The number of piperidine rings is 3. The minimum atomic E-state index is -0.696. The summed E-state index contributed by atoms with van der Waals surface area (Å²) in [5, 5.41) is 2.59. The third-order valence-corrected chi connectivity index (χ3v) is 6.21. The zero-order valence-corrected chi connectivity index (χ0v) is 16.2. The van der Waals surface area contributed by atoms with E-state index in [9.17, 15) is 13.6 Å². The summed E-state index contributed by atoms with van der Waals surface area (Å²) in [5.41, 5.74) is 1.78. The highest BCUT2D eigenvalue weighted by molar-refractivity contribution is 7.13. The van der Waals surface area contributed by atoms with Gasteiger partial charge in [0.1, 0.15) is 11.6 Å². The van der Waals surface area contributed by atoms with E-state index in [1.807, 2.05) is 0 Å². The molecule has 0 spiro atoms. The van der Waals surface area contributed by atoms with Crippen molar-refractivity contribution < 1.29 is 18.3 Å². The monoisotopic (exact) mass is 415 g/mol. The first kappa shape index (κ1) is 20.0. The van der Waals surface area contributed by atoms with Crippen LogP contribution < -0.4 is 5.32 Å². The molecule has 146 valence electrons. The van der Waals surface area contributed by atoms with Crippen LogP contribution in [0, 0.1) is 17.0 Å². The zero-order valence-electron chi connectivity index (χ0n) is 14.5. The van der Waals surface area contributed by atoms with Gasteiger partial charge >= 0.3 is 6.09 Å². The maximum Gasteiger partial charge on any atom is 0.412 e. The standard InChI is InChI=1S/C18H19F2N3O2S.ClH/c19-12-1-2-13(14(20)9-12)15-16(21-11-26-15)22-17(24)25-10-18-3-6-23(7-4-18)8-5-18;/h1-2,9,11H,3-8,10H2,(H,22,24);1H. The largest absolute Gasteiger partial charge is 0.449 e. The topological polar surface area (TPSA) is 54.5 Å². The number of ether oxygens (including phenoxy) is 1. The number of nitrogens with one attached hydrogen (secondary N) is 1. The quantitative estimate of drug-likeness (QED) is 0.796.